The molecule has 3 nitrogen and oxygen atoms in total. The van der Waals surface area contributed by atoms with Crippen molar-refractivity contribution in [2.24, 2.45) is 5.92 Å². The van der Waals surface area contributed by atoms with E-state index in [2.05, 4.69) is 60.7 Å². The zero-order valence-corrected chi connectivity index (χ0v) is 21.2. The van der Waals surface area contributed by atoms with Crippen molar-refractivity contribution in [2.45, 2.75) is 57.8 Å². The van der Waals surface area contributed by atoms with E-state index in [4.69, 9.17) is 9.84 Å². The second-order valence-electron chi connectivity index (χ2n) is 9.78. The Balaban J connectivity index is 1.62. The van der Waals surface area contributed by atoms with E-state index in [1.807, 2.05) is 24.3 Å². The van der Waals surface area contributed by atoms with Crippen LogP contribution in [0.2, 0.25) is 0 Å². The Hall–Kier alpha value is -3.17. The van der Waals surface area contributed by atoms with Gasteiger partial charge in [-0.3, -0.25) is 4.79 Å². The van der Waals surface area contributed by atoms with E-state index in [9.17, 15) is 4.79 Å². The van der Waals surface area contributed by atoms with Crippen molar-refractivity contribution in [2.75, 3.05) is 13.2 Å². The summed E-state index contributed by atoms with van der Waals surface area (Å²) in [6.07, 6.45) is 9.42. The summed E-state index contributed by atoms with van der Waals surface area (Å²) in [5, 5.41) is 9.07. The SMILES string of the molecule is O=C(CCC/C(=C(\c1ccccc1)c1ccc(OCCO)cc1)c1ccccc1)CC1CCCCC1. The van der Waals surface area contributed by atoms with Crippen LogP contribution in [0.1, 0.15) is 74.5 Å². The Bertz CT molecular complexity index is 1090. The minimum Gasteiger partial charge on any atom is -0.491 e. The van der Waals surface area contributed by atoms with Crippen LogP contribution in [0.5, 0.6) is 5.75 Å². The lowest BCUT2D eigenvalue weighted by molar-refractivity contribution is -0.120. The second-order valence-corrected chi connectivity index (χ2v) is 9.78. The second kappa shape index (κ2) is 13.8. The number of Topliss-reactive ketones (excluding diaryl/α,β-unsaturated/α-hetero) is 1. The average molecular weight is 483 g/mol. The number of aliphatic hydroxyl groups excluding tert-OH is 1. The standard InChI is InChI=1S/C33H38O3/c34-23-24-36-31-21-19-29(20-22-31)33(28-15-8-3-9-16-28)32(27-13-6-2-7-14-27)18-10-17-30(35)25-26-11-4-1-5-12-26/h2-3,6-9,13-16,19-22,26,34H,1,4-5,10-12,17-18,23-25H2/b33-32-. The van der Waals surface area contributed by atoms with Crippen molar-refractivity contribution in [3.63, 3.8) is 0 Å². The van der Waals surface area contributed by atoms with E-state index in [-0.39, 0.29) is 13.2 Å². The quantitative estimate of drug-likeness (QED) is 0.269. The highest BCUT2D eigenvalue weighted by molar-refractivity contribution is 5.98. The van der Waals surface area contributed by atoms with E-state index >= 15 is 0 Å². The van der Waals surface area contributed by atoms with Gasteiger partial charge in [-0.2, -0.15) is 0 Å². The van der Waals surface area contributed by atoms with E-state index in [1.165, 1.54) is 48.8 Å². The maximum atomic E-state index is 12.8. The fourth-order valence-corrected chi connectivity index (χ4v) is 5.33. The highest BCUT2D eigenvalue weighted by Gasteiger charge is 2.18. The maximum Gasteiger partial charge on any atom is 0.133 e. The summed E-state index contributed by atoms with van der Waals surface area (Å²) in [4.78, 5) is 12.8. The predicted octanol–water partition coefficient (Wildman–Crippen LogP) is 7.73. The Labute approximate surface area is 215 Å². The first-order valence-electron chi connectivity index (χ1n) is 13.4. The van der Waals surface area contributed by atoms with Crippen molar-refractivity contribution in [3.05, 3.63) is 102 Å². The number of aliphatic hydroxyl groups is 1. The van der Waals surface area contributed by atoms with Gasteiger partial charge in [-0.1, -0.05) is 105 Å². The molecule has 1 fully saturated rings. The molecule has 1 aliphatic carbocycles. The first-order chi connectivity index (χ1) is 17.7. The molecule has 0 saturated heterocycles. The predicted molar refractivity (Wildman–Crippen MR) is 148 cm³/mol. The van der Waals surface area contributed by atoms with Gasteiger partial charge in [-0.05, 0) is 58.7 Å². The van der Waals surface area contributed by atoms with Gasteiger partial charge in [-0.15, -0.1) is 0 Å². The average Bonchev–Trinajstić information content (AvgIpc) is 2.93. The third kappa shape index (κ3) is 7.41. The fourth-order valence-electron chi connectivity index (χ4n) is 5.33. The topological polar surface area (TPSA) is 46.5 Å². The fraction of sp³-hybridized carbons (Fsp3) is 0.364. The molecular weight excluding hydrogens is 444 g/mol. The Morgan fingerprint density at radius 1 is 0.750 bits per heavy atom. The number of hydrogen-bond acceptors (Lipinski definition) is 3. The number of allylic oxidation sites excluding steroid dienone is 1. The van der Waals surface area contributed by atoms with Crippen LogP contribution in [-0.4, -0.2) is 24.1 Å². The van der Waals surface area contributed by atoms with Crippen LogP contribution in [0.3, 0.4) is 0 Å². The molecule has 0 spiro atoms. The van der Waals surface area contributed by atoms with Gasteiger partial charge in [-0.25, -0.2) is 0 Å². The number of carbonyl (C=O) groups is 1. The summed E-state index contributed by atoms with van der Waals surface area (Å²) in [6.45, 7) is 0.277. The molecule has 0 bridgehead atoms. The molecule has 0 radical (unpaired) electrons. The summed E-state index contributed by atoms with van der Waals surface area (Å²) in [5.41, 5.74) is 5.92. The number of benzene rings is 3. The molecule has 3 aromatic carbocycles. The van der Waals surface area contributed by atoms with Crippen LogP contribution in [0.25, 0.3) is 11.1 Å². The molecule has 1 aliphatic rings. The Morgan fingerprint density at radius 2 is 1.36 bits per heavy atom. The summed E-state index contributed by atoms with van der Waals surface area (Å²) >= 11 is 0. The van der Waals surface area contributed by atoms with Gasteiger partial charge in [0.25, 0.3) is 0 Å². The number of hydrogen-bond donors (Lipinski definition) is 1. The van der Waals surface area contributed by atoms with Crippen LogP contribution in [-0.2, 0) is 4.79 Å². The molecule has 36 heavy (non-hydrogen) atoms. The summed E-state index contributed by atoms with van der Waals surface area (Å²) in [5.74, 6) is 1.76. The lowest BCUT2D eigenvalue weighted by Crippen LogP contribution is -2.12. The van der Waals surface area contributed by atoms with Gasteiger partial charge in [0.05, 0.1) is 6.61 Å². The molecule has 0 aliphatic heterocycles. The van der Waals surface area contributed by atoms with Gasteiger partial charge in [0.1, 0.15) is 18.1 Å². The summed E-state index contributed by atoms with van der Waals surface area (Å²) in [6, 6.07) is 29.1. The molecule has 4 rings (SSSR count). The van der Waals surface area contributed by atoms with E-state index in [0.29, 0.717) is 18.1 Å². The molecular formula is C33H38O3. The Morgan fingerprint density at radius 3 is 2.00 bits per heavy atom. The van der Waals surface area contributed by atoms with Gasteiger partial charge in [0.2, 0.25) is 0 Å². The summed E-state index contributed by atoms with van der Waals surface area (Å²) in [7, 11) is 0. The zero-order chi connectivity index (χ0) is 25.0. The van der Waals surface area contributed by atoms with Crippen LogP contribution in [0.15, 0.2) is 84.9 Å². The number of ether oxygens (including phenoxy) is 1. The van der Waals surface area contributed by atoms with Crippen molar-refractivity contribution in [1.29, 1.82) is 0 Å². The van der Waals surface area contributed by atoms with Gasteiger partial charge < -0.3 is 9.84 Å². The van der Waals surface area contributed by atoms with Crippen molar-refractivity contribution >= 4 is 16.9 Å². The largest absolute Gasteiger partial charge is 0.491 e. The van der Waals surface area contributed by atoms with Gasteiger partial charge in [0, 0.05) is 12.8 Å². The van der Waals surface area contributed by atoms with E-state index < -0.39 is 0 Å². The monoisotopic (exact) mass is 482 g/mol. The van der Waals surface area contributed by atoms with Crippen LogP contribution < -0.4 is 4.74 Å². The number of ketones is 1. The molecule has 0 aromatic heterocycles. The smallest absolute Gasteiger partial charge is 0.133 e. The Kier molecular flexibility index (Phi) is 9.93. The molecule has 188 valence electrons. The van der Waals surface area contributed by atoms with Crippen molar-refractivity contribution < 1.29 is 14.6 Å². The molecule has 0 atom stereocenters. The normalized spacial score (nSPS) is 14.8. The first-order valence-corrected chi connectivity index (χ1v) is 13.4. The molecule has 0 unspecified atom stereocenters. The molecule has 1 saturated carbocycles. The minimum absolute atomic E-state index is 0.00541. The van der Waals surface area contributed by atoms with E-state index in [1.54, 1.807) is 0 Å². The van der Waals surface area contributed by atoms with Gasteiger partial charge >= 0.3 is 0 Å². The summed E-state index contributed by atoms with van der Waals surface area (Å²) < 4.78 is 5.59. The highest BCUT2D eigenvalue weighted by Crippen LogP contribution is 2.36. The van der Waals surface area contributed by atoms with Crippen LogP contribution in [0.4, 0.5) is 0 Å². The van der Waals surface area contributed by atoms with E-state index in [0.717, 1.165) is 36.1 Å². The molecule has 0 heterocycles. The van der Waals surface area contributed by atoms with Crippen LogP contribution in [0, 0.1) is 5.92 Å². The van der Waals surface area contributed by atoms with Gasteiger partial charge in [0.15, 0.2) is 0 Å². The highest BCUT2D eigenvalue weighted by atomic mass is 16.5. The zero-order valence-electron chi connectivity index (χ0n) is 21.2. The minimum atomic E-state index is -0.00541. The number of carbonyl (C=O) groups excluding carboxylic acids is 1. The van der Waals surface area contributed by atoms with Crippen molar-refractivity contribution in [1.82, 2.24) is 0 Å². The van der Waals surface area contributed by atoms with Crippen molar-refractivity contribution in [3.8, 4) is 5.75 Å². The number of rotatable bonds is 12. The third-order valence-corrected chi connectivity index (χ3v) is 7.11. The molecule has 3 aromatic rings. The molecule has 0 amide bonds. The molecule has 3 heteroatoms. The maximum absolute atomic E-state index is 12.8. The first kappa shape index (κ1) is 25.9. The molecule has 1 N–H and O–H groups in total. The lowest BCUT2D eigenvalue weighted by atomic mass is 9.84. The van der Waals surface area contributed by atoms with Crippen LogP contribution >= 0.6 is 0 Å². The third-order valence-electron chi connectivity index (χ3n) is 7.11. The lowest BCUT2D eigenvalue weighted by Gasteiger charge is -2.21.